The normalized spacial score (nSPS) is 16.9. The summed E-state index contributed by atoms with van der Waals surface area (Å²) in [5, 5.41) is 7.56. The first-order valence-corrected chi connectivity index (χ1v) is 8.60. The summed E-state index contributed by atoms with van der Waals surface area (Å²) in [6.45, 7) is 4.85. The predicted octanol–water partition coefficient (Wildman–Crippen LogP) is 2.44. The Morgan fingerprint density at radius 3 is 2.96 bits per heavy atom. The molecule has 23 heavy (non-hydrogen) atoms. The van der Waals surface area contributed by atoms with Crippen LogP contribution in [0.15, 0.2) is 12.3 Å². The Balaban J connectivity index is 1.90. The summed E-state index contributed by atoms with van der Waals surface area (Å²) in [7, 11) is 0. The molecule has 3 N–H and O–H groups in total. The molecule has 1 aliphatic carbocycles. The van der Waals surface area contributed by atoms with Gasteiger partial charge in [0.2, 0.25) is 0 Å². The molecule has 0 saturated heterocycles. The number of anilines is 1. The lowest BCUT2D eigenvalue weighted by Crippen LogP contribution is -2.19. The van der Waals surface area contributed by atoms with E-state index >= 15 is 0 Å². The van der Waals surface area contributed by atoms with Gasteiger partial charge in [-0.15, -0.1) is 11.3 Å². The van der Waals surface area contributed by atoms with Crippen molar-refractivity contribution in [3.63, 3.8) is 0 Å². The maximum Gasteiger partial charge on any atom is 0.276 e. The lowest BCUT2D eigenvalue weighted by Gasteiger charge is -2.18. The van der Waals surface area contributed by atoms with E-state index in [1.165, 1.54) is 11.3 Å². The van der Waals surface area contributed by atoms with Crippen LogP contribution in [0.3, 0.4) is 0 Å². The molecule has 2 amide bonds. The van der Waals surface area contributed by atoms with Crippen LogP contribution in [0.25, 0.3) is 0 Å². The minimum absolute atomic E-state index is 0.314. The molecule has 0 aliphatic heterocycles. The van der Waals surface area contributed by atoms with Crippen LogP contribution in [0.2, 0.25) is 0 Å². The fraction of sp³-hybridized carbons (Fsp3) is 0.438. The van der Waals surface area contributed by atoms with E-state index in [2.05, 4.69) is 17.3 Å². The van der Waals surface area contributed by atoms with Crippen molar-refractivity contribution in [2.24, 2.45) is 11.7 Å². The summed E-state index contributed by atoms with van der Waals surface area (Å²) < 4.78 is 1.69. The van der Waals surface area contributed by atoms with Crippen LogP contribution in [0.1, 0.15) is 51.6 Å². The van der Waals surface area contributed by atoms with E-state index in [4.69, 9.17) is 5.73 Å². The first kappa shape index (κ1) is 15.7. The van der Waals surface area contributed by atoms with Gasteiger partial charge in [-0.25, -0.2) is 0 Å². The molecule has 0 radical (unpaired) electrons. The number of fused-ring (bicyclic) bond motifs is 1. The Bertz CT molecular complexity index is 762. The highest BCUT2D eigenvalue weighted by molar-refractivity contribution is 7.17. The first-order valence-electron chi connectivity index (χ1n) is 7.78. The van der Waals surface area contributed by atoms with Crippen LogP contribution in [-0.4, -0.2) is 21.6 Å². The lowest BCUT2D eigenvalue weighted by atomic mass is 9.88. The van der Waals surface area contributed by atoms with Crippen LogP contribution in [0.5, 0.6) is 0 Å². The van der Waals surface area contributed by atoms with E-state index < -0.39 is 5.91 Å². The van der Waals surface area contributed by atoms with Gasteiger partial charge >= 0.3 is 0 Å². The van der Waals surface area contributed by atoms with Crippen molar-refractivity contribution in [2.45, 2.75) is 39.7 Å². The molecule has 1 atom stereocenters. The van der Waals surface area contributed by atoms with Gasteiger partial charge in [0.15, 0.2) is 5.69 Å². The maximum absolute atomic E-state index is 12.4. The molecule has 0 fully saturated rings. The van der Waals surface area contributed by atoms with E-state index in [1.54, 1.807) is 16.9 Å². The van der Waals surface area contributed by atoms with Crippen LogP contribution in [0, 0.1) is 5.92 Å². The second-order valence-corrected chi connectivity index (χ2v) is 7.04. The van der Waals surface area contributed by atoms with Crippen molar-refractivity contribution in [3.8, 4) is 0 Å². The summed E-state index contributed by atoms with van der Waals surface area (Å²) in [5.74, 6) is -0.205. The second-order valence-electron chi connectivity index (χ2n) is 5.93. The number of carbonyl (C=O) groups excluding carboxylic acids is 2. The number of rotatable bonds is 4. The molecule has 3 rings (SSSR count). The number of primary amides is 1. The van der Waals surface area contributed by atoms with Gasteiger partial charge in [0, 0.05) is 17.6 Å². The summed E-state index contributed by atoms with van der Waals surface area (Å²) >= 11 is 1.46. The molecule has 2 aromatic heterocycles. The molecular weight excluding hydrogens is 312 g/mol. The Labute approximate surface area is 138 Å². The van der Waals surface area contributed by atoms with Crippen molar-refractivity contribution in [2.75, 3.05) is 5.32 Å². The number of carbonyl (C=O) groups is 2. The molecule has 7 heteroatoms. The largest absolute Gasteiger partial charge is 0.365 e. The van der Waals surface area contributed by atoms with E-state index in [0.29, 0.717) is 28.7 Å². The number of nitrogens with zero attached hydrogens (tertiary/aromatic N) is 2. The lowest BCUT2D eigenvalue weighted by molar-refractivity contribution is 0.1000. The average molecular weight is 332 g/mol. The minimum atomic E-state index is -0.480. The maximum atomic E-state index is 12.4. The predicted molar refractivity (Wildman–Crippen MR) is 89.9 cm³/mol. The van der Waals surface area contributed by atoms with Crippen molar-refractivity contribution in [3.05, 3.63) is 34.0 Å². The van der Waals surface area contributed by atoms with Crippen molar-refractivity contribution < 1.29 is 9.59 Å². The highest BCUT2D eigenvalue weighted by atomic mass is 32.1. The number of aromatic nitrogens is 2. The zero-order valence-corrected chi connectivity index (χ0v) is 14.1. The van der Waals surface area contributed by atoms with E-state index in [-0.39, 0.29) is 5.91 Å². The fourth-order valence-electron chi connectivity index (χ4n) is 2.93. The van der Waals surface area contributed by atoms with Crippen LogP contribution < -0.4 is 11.1 Å². The van der Waals surface area contributed by atoms with Gasteiger partial charge in [-0.1, -0.05) is 6.92 Å². The number of thiophene rings is 1. The third-order valence-electron chi connectivity index (χ3n) is 4.18. The Hall–Kier alpha value is -2.15. The molecule has 6 nitrogen and oxygen atoms in total. The zero-order valence-electron chi connectivity index (χ0n) is 13.3. The van der Waals surface area contributed by atoms with Gasteiger partial charge in [0.25, 0.3) is 11.8 Å². The monoisotopic (exact) mass is 332 g/mol. The molecule has 1 unspecified atom stereocenters. The van der Waals surface area contributed by atoms with Crippen molar-refractivity contribution >= 4 is 28.2 Å². The standard InChI is InChI=1S/C16H20N4O2S/c1-3-20-7-6-11(19-20)15(22)18-16-13(14(17)21)10-5-4-9(2)8-12(10)23-16/h6-7,9H,3-5,8H2,1-2H3,(H2,17,21)(H,18,22). The highest BCUT2D eigenvalue weighted by Crippen LogP contribution is 2.39. The SMILES string of the molecule is CCn1ccc(C(=O)Nc2sc3c(c2C(N)=O)CCC(C)C3)n1. The third kappa shape index (κ3) is 3.01. The molecule has 0 spiro atoms. The van der Waals surface area contributed by atoms with Crippen LogP contribution >= 0.6 is 11.3 Å². The Morgan fingerprint density at radius 2 is 2.30 bits per heavy atom. The van der Waals surface area contributed by atoms with E-state index in [1.807, 2.05) is 6.92 Å². The molecule has 2 aromatic rings. The zero-order chi connectivity index (χ0) is 16.6. The van der Waals surface area contributed by atoms with Crippen LogP contribution in [0.4, 0.5) is 5.00 Å². The summed E-state index contributed by atoms with van der Waals surface area (Å²) in [6.07, 6.45) is 4.57. The number of aryl methyl sites for hydroxylation is 1. The van der Waals surface area contributed by atoms with Crippen molar-refractivity contribution in [1.29, 1.82) is 0 Å². The van der Waals surface area contributed by atoms with Gasteiger partial charge in [-0.2, -0.15) is 5.10 Å². The second kappa shape index (κ2) is 6.16. The van der Waals surface area contributed by atoms with Gasteiger partial charge in [-0.05, 0) is 43.7 Å². The van der Waals surface area contributed by atoms with Gasteiger partial charge in [0.05, 0.1) is 5.56 Å². The Morgan fingerprint density at radius 1 is 1.52 bits per heavy atom. The first-order chi connectivity index (χ1) is 11.0. The van der Waals surface area contributed by atoms with Gasteiger partial charge < -0.3 is 11.1 Å². The number of hydrogen-bond donors (Lipinski definition) is 2. The van der Waals surface area contributed by atoms with Gasteiger partial charge in [-0.3, -0.25) is 14.3 Å². The Kier molecular flexibility index (Phi) is 4.21. The highest BCUT2D eigenvalue weighted by Gasteiger charge is 2.27. The molecule has 1 aliphatic rings. The number of nitrogens with two attached hydrogens (primary N) is 1. The van der Waals surface area contributed by atoms with E-state index in [0.717, 1.165) is 29.7 Å². The number of amides is 2. The number of hydrogen-bond acceptors (Lipinski definition) is 4. The fourth-order valence-corrected chi connectivity index (χ4v) is 4.34. The quantitative estimate of drug-likeness (QED) is 0.901. The van der Waals surface area contributed by atoms with Gasteiger partial charge in [0.1, 0.15) is 5.00 Å². The summed E-state index contributed by atoms with van der Waals surface area (Å²) in [5.41, 5.74) is 7.37. The number of nitrogens with one attached hydrogen (secondary N) is 1. The molecule has 2 heterocycles. The minimum Gasteiger partial charge on any atom is -0.365 e. The topological polar surface area (TPSA) is 90.0 Å². The summed E-state index contributed by atoms with van der Waals surface area (Å²) in [6, 6.07) is 1.67. The molecule has 0 saturated carbocycles. The summed E-state index contributed by atoms with van der Waals surface area (Å²) in [4.78, 5) is 25.4. The average Bonchev–Trinajstić information content (AvgIpc) is 3.10. The van der Waals surface area contributed by atoms with Crippen molar-refractivity contribution in [1.82, 2.24) is 9.78 Å². The molecular formula is C16H20N4O2S. The van der Waals surface area contributed by atoms with E-state index in [9.17, 15) is 9.59 Å². The molecule has 122 valence electrons. The molecule has 0 bridgehead atoms. The molecule has 0 aromatic carbocycles. The third-order valence-corrected chi connectivity index (χ3v) is 5.35. The van der Waals surface area contributed by atoms with Crippen LogP contribution in [-0.2, 0) is 19.4 Å². The smallest absolute Gasteiger partial charge is 0.276 e.